The molecule has 50 valence electrons. The maximum atomic E-state index is 5.03. The molecule has 0 aromatic heterocycles. The van der Waals surface area contributed by atoms with Gasteiger partial charge < -0.3 is 0 Å². The van der Waals surface area contributed by atoms with Crippen LogP contribution in [0.15, 0.2) is 11.6 Å². The van der Waals surface area contributed by atoms with E-state index in [-0.39, 0.29) is 0 Å². The number of hydrogen-bond acceptors (Lipinski definition) is 1. The normalized spacial score (nSPS) is 17.7. The quantitative estimate of drug-likeness (QED) is 0.596. The molecule has 0 aliphatic heterocycles. The summed E-state index contributed by atoms with van der Waals surface area (Å²) < 4.78 is 5.99. The van der Waals surface area contributed by atoms with Gasteiger partial charge in [0.25, 0.3) is 0 Å². The maximum absolute atomic E-state index is 5.03. The number of hydrogen-bond donors (Lipinski definition) is 0. The third kappa shape index (κ3) is 1.76. The molecule has 0 unspecified atom stereocenters. The molecule has 1 aliphatic carbocycles. The number of methoxy groups -OCH3 is 1. The first kappa shape index (κ1) is 7.21. The Labute approximate surface area is 63.7 Å². The number of allylic oxidation sites excluding steroid dienone is 1. The third-order valence-electron chi connectivity index (χ3n) is 1.49. The molecule has 0 amide bonds. The summed E-state index contributed by atoms with van der Waals surface area (Å²) in [5, 5.41) is 0. The molecular formula is C7H10CrO. The molecule has 0 spiro atoms. The van der Waals surface area contributed by atoms with E-state index in [1.54, 1.807) is 7.11 Å². The van der Waals surface area contributed by atoms with E-state index in [1.165, 1.54) is 24.8 Å². The SMILES string of the molecule is CO[C](=[Cr])C1=CCCC1. The first-order valence-corrected chi connectivity index (χ1v) is 3.75. The fourth-order valence-electron chi connectivity index (χ4n) is 0.987. The van der Waals surface area contributed by atoms with Crippen LogP contribution in [0.2, 0.25) is 0 Å². The van der Waals surface area contributed by atoms with Gasteiger partial charge in [0.05, 0.1) is 0 Å². The Balaban J connectivity index is 2.51. The summed E-state index contributed by atoms with van der Waals surface area (Å²) in [5.74, 6) is 0. The van der Waals surface area contributed by atoms with Gasteiger partial charge >= 0.3 is 63.2 Å². The summed E-state index contributed by atoms with van der Waals surface area (Å²) in [7, 11) is 1.70. The van der Waals surface area contributed by atoms with Crippen molar-refractivity contribution in [2.75, 3.05) is 7.11 Å². The predicted molar refractivity (Wildman–Crippen MR) is 33.9 cm³/mol. The van der Waals surface area contributed by atoms with Crippen LogP contribution in [0, 0.1) is 0 Å². The molecule has 0 saturated carbocycles. The average molecular weight is 162 g/mol. The summed E-state index contributed by atoms with van der Waals surface area (Å²) in [4.78, 5) is 0. The van der Waals surface area contributed by atoms with Gasteiger partial charge in [-0.05, 0) is 0 Å². The standard InChI is InChI=1S/C7H10O.Cr/c1-8-6-7-4-2-3-5-7;/h4H,2-3,5H2,1H3;. The van der Waals surface area contributed by atoms with E-state index in [4.69, 9.17) is 4.74 Å². The second-order valence-electron chi connectivity index (χ2n) is 2.11. The second-order valence-corrected chi connectivity index (χ2v) is 2.69. The molecule has 0 radical (unpaired) electrons. The van der Waals surface area contributed by atoms with Crippen molar-refractivity contribution in [1.29, 1.82) is 0 Å². The summed E-state index contributed by atoms with van der Waals surface area (Å²) in [6, 6.07) is 0. The van der Waals surface area contributed by atoms with Crippen LogP contribution in [-0.4, -0.2) is 11.7 Å². The molecule has 0 bridgehead atoms. The van der Waals surface area contributed by atoms with E-state index in [2.05, 4.69) is 21.9 Å². The van der Waals surface area contributed by atoms with Gasteiger partial charge in [-0.1, -0.05) is 0 Å². The van der Waals surface area contributed by atoms with Crippen molar-refractivity contribution in [2.45, 2.75) is 19.3 Å². The molecule has 1 nitrogen and oxygen atoms in total. The van der Waals surface area contributed by atoms with Gasteiger partial charge in [-0.25, -0.2) is 0 Å². The minimum atomic E-state index is 0.965. The molecule has 0 atom stereocenters. The molecular weight excluding hydrogens is 152 g/mol. The molecule has 0 saturated heterocycles. The average Bonchev–Trinajstić information content (AvgIpc) is 2.37. The topological polar surface area (TPSA) is 9.23 Å². The van der Waals surface area contributed by atoms with Crippen molar-refractivity contribution in [3.8, 4) is 0 Å². The molecule has 1 aliphatic rings. The van der Waals surface area contributed by atoms with Gasteiger partial charge in [-0.3, -0.25) is 0 Å². The van der Waals surface area contributed by atoms with E-state index < -0.39 is 0 Å². The van der Waals surface area contributed by atoms with Gasteiger partial charge in [-0.2, -0.15) is 0 Å². The predicted octanol–water partition coefficient (Wildman–Crippen LogP) is 1.42. The third-order valence-corrected chi connectivity index (χ3v) is 2.16. The van der Waals surface area contributed by atoms with Crippen molar-refractivity contribution < 1.29 is 20.6 Å². The van der Waals surface area contributed by atoms with Crippen LogP contribution in [0.4, 0.5) is 0 Å². The van der Waals surface area contributed by atoms with Crippen LogP contribution in [0.1, 0.15) is 19.3 Å². The minimum absolute atomic E-state index is 0.965. The molecule has 0 N–H and O–H groups in total. The van der Waals surface area contributed by atoms with Gasteiger partial charge in [-0.15, -0.1) is 0 Å². The summed E-state index contributed by atoms with van der Waals surface area (Å²) in [6.07, 6.45) is 5.90. The Morgan fingerprint density at radius 1 is 1.78 bits per heavy atom. The fraction of sp³-hybridized carbons (Fsp3) is 0.571. The Bertz CT molecular complexity index is 149. The number of rotatable bonds is 2. The van der Waals surface area contributed by atoms with Gasteiger partial charge in [0, 0.05) is 0 Å². The first-order valence-electron chi connectivity index (χ1n) is 3.12. The Morgan fingerprint density at radius 3 is 3.00 bits per heavy atom. The van der Waals surface area contributed by atoms with Crippen LogP contribution in [0.25, 0.3) is 0 Å². The van der Waals surface area contributed by atoms with Crippen molar-refractivity contribution in [1.82, 2.24) is 0 Å². The Morgan fingerprint density at radius 2 is 2.56 bits per heavy atom. The zero-order valence-electron chi connectivity index (χ0n) is 5.52. The molecule has 1 rings (SSSR count). The van der Waals surface area contributed by atoms with Crippen LogP contribution in [0.3, 0.4) is 0 Å². The second kappa shape index (κ2) is 3.32. The summed E-state index contributed by atoms with van der Waals surface area (Å²) in [5.41, 5.74) is 1.34. The molecule has 2 heteroatoms. The fourth-order valence-corrected chi connectivity index (χ4v) is 1.28. The van der Waals surface area contributed by atoms with Gasteiger partial charge in [0.15, 0.2) is 0 Å². The van der Waals surface area contributed by atoms with Gasteiger partial charge in [0.2, 0.25) is 0 Å². The van der Waals surface area contributed by atoms with E-state index >= 15 is 0 Å². The zero-order chi connectivity index (χ0) is 6.69. The van der Waals surface area contributed by atoms with E-state index in [0.29, 0.717) is 0 Å². The molecule has 0 heterocycles. The van der Waals surface area contributed by atoms with E-state index in [0.717, 1.165) is 4.57 Å². The van der Waals surface area contributed by atoms with E-state index in [1.807, 2.05) is 0 Å². The molecule has 0 fully saturated rings. The molecule has 9 heavy (non-hydrogen) atoms. The Kier molecular flexibility index (Phi) is 2.66. The monoisotopic (exact) mass is 162 g/mol. The van der Waals surface area contributed by atoms with Crippen LogP contribution >= 0.6 is 0 Å². The van der Waals surface area contributed by atoms with Crippen LogP contribution in [0.5, 0.6) is 0 Å². The van der Waals surface area contributed by atoms with Crippen molar-refractivity contribution in [2.24, 2.45) is 0 Å². The van der Waals surface area contributed by atoms with Crippen molar-refractivity contribution in [3.63, 3.8) is 0 Å². The molecule has 0 aromatic carbocycles. The van der Waals surface area contributed by atoms with Gasteiger partial charge in [0.1, 0.15) is 0 Å². The molecule has 0 aromatic rings. The van der Waals surface area contributed by atoms with Crippen molar-refractivity contribution >= 4 is 4.57 Å². The van der Waals surface area contributed by atoms with Crippen LogP contribution in [-0.2, 0) is 20.6 Å². The zero-order valence-corrected chi connectivity index (χ0v) is 6.79. The first-order chi connectivity index (χ1) is 4.34. The van der Waals surface area contributed by atoms with Crippen molar-refractivity contribution in [3.05, 3.63) is 11.6 Å². The summed E-state index contributed by atoms with van der Waals surface area (Å²) in [6.45, 7) is 0. The Hall–Kier alpha value is 0.102. The number of ether oxygens (including phenoxy) is 1. The van der Waals surface area contributed by atoms with Crippen LogP contribution < -0.4 is 0 Å². The van der Waals surface area contributed by atoms with E-state index in [9.17, 15) is 0 Å². The summed E-state index contributed by atoms with van der Waals surface area (Å²) >= 11 is 2.89.